The predicted octanol–water partition coefficient (Wildman–Crippen LogP) is 6.16. The number of halogens is 1. The van der Waals surface area contributed by atoms with Crippen molar-refractivity contribution in [2.45, 2.75) is 25.6 Å². The van der Waals surface area contributed by atoms with Gasteiger partial charge in [0.1, 0.15) is 5.75 Å². The number of rotatable bonds is 5. The van der Waals surface area contributed by atoms with Crippen LogP contribution in [0.3, 0.4) is 0 Å². The van der Waals surface area contributed by atoms with Crippen molar-refractivity contribution in [3.05, 3.63) is 74.4 Å². The summed E-state index contributed by atoms with van der Waals surface area (Å²) >= 11 is 5.32. The van der Waals surface area contributed by atoms with Gasteiger partial charge in [0.15, 0.2) is 11.5 Å². The Morgan fingerprint density at radius 2 is 2.10 bits per heavy atom. The van der Waals surface area contributed by atoms with Gasteiger partial charge in [-0.1, -0.05) is 22.0 Å². The van der Waals surface area contributed by atoms with Crippen molar-refractivity contribution < 1.29 is 14.2 Å². The number of ether oxygens (including phenoxy) is 3. The van der Waals surface area contributed by atoms with E-state index in [1.54, 1.807) is 18.4 Å². The second-order valence-electron chi connectivity index (χ2n) is 7.12. The van der Waals surface area contributed by atoms with E-state index in [1.807, 2.05) is 37.3 Å². The van der Waals surface area contributed by atoms with Crippen LogP contribution in [0, 0.1) is 0 Å². The first-order valence-electron chi connectivity index (χ1n) is 9.84. The van der Waals surface area contributed by atoms with Gasteiger partial charge in [0, 0.05) is 22.0 Å². The Labute approximate surface area is 188 Å². The van der Waals surface area contributed by atoms with Crippen LogP contribution in [0.5, 0.6) is 17.2 Å². The minimum absolute atomic E-state index is 0.117. The van der Waals surface area contributed by atoms with E-state index >= 15 is 0 Å². The lowest BCUT2D eigenvalue weighted by atomic mass is 9.97. The van der Waals surface area contributed by atoms with E-state index in [1.165, 1.54) is 4.88 Å². The maximum Gasteiger partial charge on any atom is 0.214 e. The first-order valence-corrected chi connectivity index (χ1v) is 11.5. The van der Waals surface area contributed by atoms with E-state index in [4.69, 9.17) is 19.3 Å². The first-order chi connectivity index (χ1) is 14.7. The fourth-order valence-corrected chi connectivity index (χ4v) is 5.08. The van der Waals surface area contributed by atoms with Gasteiger partial charge in [-0.05, 0) is 54.8 Å². The minimum Gasteiger partial charge on any atom is -0.493 e. The lowest BCUT2D eigenvalue weighted by Crippen LogP contribution is -2.33. The molecule has 7 heteroatoms. The van der Waals surface area contributed by atoms with E-state index in [-0.39, 0.29) is 12.3 Å². The van der Waals surface area contributed by atoms with Crippen molar-refractivity contribution >= 4 is 33.0 Å². The molecule has 2 atom stereocenters. The third-order valence-corrected chi connectivity index (χ3v) is 6.74. The van der Waals surface area contributed by atoms with Crippen molar-refractivity contribution in [3.63, 3.8) is 0 Å². The van der Waals surface area contributed by atoms with Crippen LogP contribution in [-0.4, -0.2) is 24.4 Å². The molecule has 2 aliphatic rings. The van der Waals surface area contributed by atoms with Crippen molar-refractivity contribution in [3.8, 4) is 17.2 Å². The quantitative estimate of drug-likeness (QED) is 0.434. The molecular formula is C23H21BrN2O3S. The van der Waals surface area contributed by atoms with E-state index < -0.39 is 0 Å². The monoisotopic (exact) mass is 484 g/mol. The van der Waals surface area contributed by atoms with Crippen molar-refractivity contribution in [1.82, 2.24) is 5.01 Å². The lowest BCUT2D eigenvalue weighted by molar-refractivity contribution is -0.0192. The number of benzene rings is 2. The maximum atomic E-state index is 6.46. The van der Waals surface area contributed by atoms with Gasteiger partial charge in [-0.2, -0.15) is 5.10 Å². The smallest absolute Gasteiger partial charge is 0.214 e. The fourth-order valence-electron chi connectivity index (χ4n) is 3.98. The maximum absolute atomic E-state index is 6.46. The zero-order valence-electron chi connectivity index (χ0n) is 16.7. The average molecular weight is 485 g/mol. The Morgan fingerprint density at radius 3 is 2.87 bits per heavy atom. The number of nitrogens with zero attached hydrogens (tertiary/aromatic N) is 2. The molecule has 2 aromatic carbocycles. The van der Waals surface area contributed by atoms with Crippen LogP contribution < -0.4 is 14.2 Å². The third kappa shape index (κ3) is 3.36. The highest BCUT2D eigenvalue weighted by molar-refractivity contribution is 9.10. The zero-order chi connectivity index (χ0) is 20.7. The number of methoxy groups -OCH3 is 1. The predicted molar refractivity (Wildman–Crippen MR) is 122 cm³/mol. The number of hydrogen-bond donors (Lipinski definition) is 0. The van der Waals surface area contributed by atoms with Gasteiger partial charge in [0.2, 0.25) is 6.23 Å². The SMILES string of the molecule is CCOc1ccc([C@H]2Oc3ccc(Br)cc3[C@@H]3CC(c4cccs4)=NN23)cc1OC. The lowest BCUT2D eigenvalue weighted by Gasteiger charge is -2.38. The highest BCUT2D eigenvalue weighted by Gasteiger charge is 2.41. The number of hydrogen-bond acceptors (Lipinski definition) is 6. The molecule has 5 nitrogen and oxygen atoms in total. The van der Waals surface area contributed by atoms with Crippen LogP contribution in [0.2, 0.25) is 0 Å². The molecule has 0 saturated carbocycles. The van der Waals surface area contributed by atoms with Gasteiger partial charge < -0.3 is 14.2 Å². The molecule has 0 spiro atoms. The molecule has 0 radical (unpaired) electrons. The van der Waals surface area contributed by atoms with E-state index in [2.05, 4.69) is 44.5 Å². The first kappa shape index (κ1) is 19.5. The van der Waals surface area contributed by atoms with Gasteiger partial charge in [0.05, 0.1) is 30.3 Å². The Kier molecular flexibility index (Phi) is 5.16. The summed E-state index contributed by atoms with van der Waals surface area (Å²) in [4.78, 5) is 1.20. The molecule has 0 amide bonds. The van der Waals surface area contributed by atoms with Crippen LogP contribution in [0.4, 0.5) is 0 Å². The molecule has 1 aromatic heterocycles. The molecule has 0 fully saturated rings. The van der Waals surface area contributed by atoms with Crippen LogP contribution in [0.15, 0.2) is 63.5 Å². The second-order valence-corrected chi connectivity index (χ2v) is 8.98. The number of hydrazone groups is 1. The van der Waals surface area contributed by atoms with Crippen molar-refractivity contribution in [2.75, 3.05) is 13.7 Å². The van der Waals surface area contributed by atoms with Gasteiger partial charge in [-0.25, -0.2) is 5.01 Å². The van der Waals surface area contributed by atoms with Gasteiger partial charge >= 0.3 is 0 Å². The van der Waals surface area contributed by atoms with Gasteiger partial charge in [0.25, 0.3) is 0 Å². The van der Waals surface area contributed by atoms with E-state index in [0.29, 0.717) is 12.4 Å². The highest BCUT2D eigenvalue weighted by atomic mass is 79.9. The summed E-state index contributed by atoms with van der Waals surface area (Å²) < 4.78 is 18.7. The normalized spacial score (nSPS) is 19.6. The molecule has 2 aliphatic heterocycles. The Balaban J connectivity index is 1.58. The highest BCUT2D eigenvalue weighted by Crippen LogP contribution is 2.49. The van der Waals surface area contributed by atoms with Crippen molar-refractivity contribution in [1.29, 1.82) is 0 Å². The summed E-state index contributed by atoms with van der Waals surface area (Å²) in [6, 6.07) is 16.4. The molecule has 0 N–H and O–H groups in total. The minimum atomic E-state index is -0.342. The Morgan fingerprint density at radius 1 is 1.20 bits per heavy atom. The van der Waals surface area contributed by atoms with E-state index in [0.717, 1.165) is 39.2 Å². The molecule has 3 aromatic rings. The summed E-state index contributed by atoms with van der Waals surface area (Å²) in [5.74, 6) is 2.31. The molecule has 0 aliphatic carbocycles. The molecule has 154 valence electrons. The van der Waals surface area contributed by atoms with Gasteiger partial charge in [-0.3, -0.25) is 0 Å². The summed E-state index contributed by atoms with van der Waals surface area (Å²) in [6.45, 7) is 2.54. The summed E-state index contributed by atoms with van der Waals surface area (Å²) in [5.41, 5.74) is 3.22. The van der Waals surface area contributed by atoms with Crippen LogP contribution >= 0.6 is 27.3 Å². The van der Waals surface area contributed by atoms with Gasteiger partial charge in [-0.15, -0.1) is 11.3 Å². The Hall–Kier alpha value is -2.51. The number of fused-ring (bicyclic) bond motifs is 3. The van der Waals surface area contributed by atoms with Crippen LogP contribution in [0.1, 0.15) is 41.6 Å². The number of thiophene rings is 1. The summed E-state index contributed by atoms with van der Waals surface area (Å²) in [7, 11) is 1.65. The van der Waals surface area contributed by atoms with Crippen LogP contribution in [-0.2, 0) is 0 Å². The largest absolute Gasteiger partial charge is 0.493 e. The third-order valence-electron chi connectivity index (χ3n) is 5.33. The molecule has 5 rings (SSSR count). The van der Waals surface area contributed by atoms with Crippen LogP contribution in [0.25, 0.3) is 0 Å². The zero-order valence-corrected chi connectivity index (χ0v) is 19.1. The molecule has 30 heavy (non-hydrogen) atoms. The average Bonchev–Trinajstić information content (AvgIpc) is 3.44. The molecule has 0 bridgehead atoms. The molecule has 0 saturated heterocycles. The summed E-state index contributed by atoms with van der Waals surface area (Å²) in [6.07, 6.45) is 0.503. The second kappa shape index (κ2) is 7.96. The van der Waals surface area contributed by atoms with Crippen molar-refractivity contribution in [2.24, 2.45) is 5.10 Å². The topological polar surface area (TPSA) is 43.3 Å². The molecular weight excluding hydrogens is 464 g/mol. The molecule has 0 unspecified atom stereocenters. The van der Waals surface area contributed by atoms with E-state index in [9.17, 15) is 0 Å². The standard InChI is InChI=1S/C23H21BrN2O3S/c1-3-28-20-8-6-14(11-21(20)27-2)23-26-18(13-17(25-26)22-5-4-10-30-22)16-12-15(24)7-9-19(16)29-23/h4-12,18,23H,3,13H2,1-2H3/t18-,23+/m0/s1. The Bertz CT molecular complexity index is 1100. The molecule has 3 heterocycles. The fraction of sp³-hybridized carbons (Fsp3) is 0.261. The summed E-state index contributed by atoms with van der Waals surface area (Å²) in [5, 5.41) is 9.17.